The summed E-state index contributed by atoms with van der Waals surface area (Å²) in [5.74, 6) is 0. The first kappa shape index (κ1) is 10.7. The molecule has 0 atom stereocenters. The van der Waals surface area contributed by atoms with Crippen molar-refractivity contribution in [1.82, 2.24) is 15.0 Å². The van der Waals surface area contributed by atoms with Gasteiger partial charge in [0.25, 0.3) is 0 Å². The number of hydrogen-bond donors (Lipinski definition) is 1. The fourth-order valence-electron chi connectivity index (χ4n) is 1.56. The van der Waals surface area contributed by atoms with Gasteiger partial charge in [-0.25, -0.2) is 9.97 Å². The number of fused-ring (bicyclic) bond motifs is 1. The maximum Gasteiger partial charge on any atom is 0.427 e. The van der Waals surface area contributed by atoms with Crippen LogP contribution in [-0.2, 0) is 6.18 Å². The lowest BCUT2D eigenvalue weighted by Crippen LogP contribution is -2.03. The summed E-state index contributed by atoms with van der Waals surface area (Å²) in [6.07, 6.45) is -2.86. The van der Waals surface area contributed by atoms with Gasteiger partial charge in [-0.1, -0.05) is 0 Å². The maximum absolute atomic E-state index is 12.7. The highest BCUT2D eigenvalue weighted by Crippen LogP contribution is 2.41. The number of hydrogen-bond acceptors (Lipinski definition) is 4. The summed E-state index contributed by atoms with van der Waals surface area (Å²) >= 11 is 1.89. The number of aromatic amines is 1. The average Bonchev–Trinajstić information content (AvgIpc) is 2.90. The molecule has 0 aliphatic carbocycles. The summed E-state index contributed by atoms with van der Waals surface area (Å²) in [6.45, 7) is 0. The van der Waals surface area contributed by atoms with Gasteiger partial charge in [0.2, 0.25) is 0 Å². The highest BCUT2D eigenvalue weighted by Gasteiger charge is 2.36. The topological polar surface area (TPSA) is 41.6 Å². The Morgan fingerprint density at radius 1 is 1.12 bits per heavy atom. The molecule has 0 aromatic carbocycles. The van der Waals surface area contributed by atoms with E-state index in [2.05, 4.69) is 15.0 Å². The molecule has 3 aromatic heterocycles. The van der Waals surface area contributed by atoms with Crippen molar-refractivity contribution in [3.05, 3.63) is 22.1 Å². The van der Waals surface area contributed by atoms with Crippen molar-refractivity contribution < 1.29 is 13.2 Å². The Balaban J connectivity index is 2.24. The summed E-state index contributed by atoms with van der Waals surface area (Å²) in [4.78, 5) is 9.97. The molecule has 0 radical (unpaired) electrons. The van der Waals surface area contributed by atoms with Crippen molar-refractivity contribution in [1.29, 1.82) is 0 Å². The summed E-state index contributed by atoms with van der Waals surface area (Å²) in [5, 5.41) is 0. The van der Waals surface area contributed by atoms with E-state index in [4.69, 9.17) is 0 Å². The van der Waals surface area contributed by atoms with Gasteiger partial charge in [0.1, 0.15) is 10.5 Å². The molecule has 0 amide bonds. The van der Waals surface area contributed by atoms with Crippen molar-refractivity contribution in [3.63, 3.8) is 0 Å². The highest BCUT2D eigenvalue weighted by atomic mass is 32.1. The van der Waals surface area contributed by atoms with Crippen LogP contribution in [-0.4, -0.2) is 15.0 Å². The van der Waals surface area contributed by atoms with Crippen LogP contribution >= 0.6 is 22.7 Å². The number of aromatic nitrogens is 3. The van der Waals surface area contributed by atoms with Gasteiger partial charge in [-0.2, -0.15) is 13.2 Å². The molecule has 3 nitrogen and oxygen atoms in total. The average molecular weight is 275 g/mol. The fourth-order valence-corrected chi connectivity index (χ4v) is 3.00. The quantitative estimate of drug-likeness (QED) is 0.734. The zero-order valence-corrected chi connectivity index (χ0v) is 9.71. The number of rotatable bonds is 1. The first-order chi connectivity index (χ1) is 8.07. The second-order valence-corrected chi connectivity index (χ2v) is 4.97. The summed E-state index contributed by atoms with van der Waals surface area (Å²) in [5.41, 5.74) is 3.81. The predicted octanol–water partition coefficient (Wildman–Crippen LogP) is 3.77. The van der Waals surface area contributed by atoms with E-state index < -0.39 is 11.1 Å². The molecule has 0 spiro atoms. The van der Waals surface area contributed by atoms with Crippen LogP contribution < -0.4 is 0 Å². The third-order valence-electron chi connectivity index (χ3n) is 2.25. The molecule has 0 saturated heterocycles. The summed E-state index contributed by atoms with van der Waals surface area (Å²) in [7, 11) is 0. The van der Waals surface area contributed by atoms with E-state index in [0.29, 0.717) is 27.2 Å². The van der Waals surface area contributed by atoms with E-state index in [1.54, 1.807) is 5.51 Å². The zero-order valence-electron chi connectivity index (χ0n) is 8.08. The maximum atomic E-state index is 12.7. The highest BCUT2D eigenvalue weighted by molar-refractivity contribution is 7.17. The monoisotopic (exact) mass is 275 g/mol. The molecule has 3 heterocycles. The molecule has 1 N–H and O–H groups in total. The minimum absolute atomic E-state index is 0.0296. The van der Waals surface area contributed by atoms with Gasteiger partial charge in [0, 0.05) is 11.8 Å². The normalized spacial score (nSPS) is 12.4. The third-order valence-corrected chi connectivity index (χ3v) is 3.98. The molecular weight excluding hydrogens is 271 g/mol. The summed E-state index contributed by atoms with van der Waals surface area (Å²) in [6, 6.07) is 0. The number of thiazole rings is 2. The predicted molar refractivity (Wildman–Crippen MR) is 60.1 cm³/mol. The minimum atomic E-state index is -4.37. The molecular formula is C9H4F3N3S2. The van der Waals surface area contributed by atoms with E-state index in [1.165, 1.54) is 23.0 Å². The SMILES string of the molecule is FC(F)(F)c1scnc1-c1c[nH]c2ncsc12. The Labute approximate surface area is 101 Å². The Morgan fingerprint density at radius 3 is 2.65 bits per heavy atom. The molecule has 88 valence electrons. The second-order valence-electron chi connectivity index (χ2n) is 3.26. The number of H-pyrrole nitrogens is 1. The fraction of sp³-hybridized carbons (Fsp3) is 0.111. The van der Waals surface area contributed by atoms with Crippen molar-refractivity contribution in [2.45, 2.75) is 6.18 Å². The first-order valence-corrected chi connectivity index (χ1v) is 6.25. The van der Waals surface area contributed by atoms with E-state index in [0.717, 1.165) is 0 Å². The van der Waals surface area contributed by atoms with Crippen LogP contribution in [0.4, 0.5) is 13.2 Å². The molecule has 8 heteroatoms. The smallest absolute Gasteiger partial charge is 0.345 e. The van der Waals surface area contributed by atoms with Crippen molar-refractivity contribution in [2.75, 3.05) is 0 Å². The molecule has 3 rings (SSSR count). The van der Waals surface area contributed by atoms with Gasteiger partial charge < -0.3 is 4.98 Å². The van der Waals surface area contributed by atoms with E-state index in [9.17, 15) is 13.2 Å². The van der Waals surface area contributed by atoms with Crippen LogP contribution in [0.25, 0.3) is 21.6 Å². The van der Waals surface area contributed by atoms with E-state index in [-0.39, 0.29) is 5.69 Å². The van der Waals surface area contributed by atoms with Crippen LogP contribution in [0.5, 0.6) is 0 Å². The van der Waals surface area contributed by atoms with Gasteiger partial charge in [0.15, 0.2) is 0 Å². The lowest BCUT2D eigenvalue weighted by Gasteiger charge is -2.04. The Bertz CT molecular complexity index is 664. The molecule has 3 aromatic rings. The van der Waals surface area contributed by atoms with Gasteiger partial charge in [-0.05, 0) is 0 Å². The van der Waals surface area contributed by atoms with Crippen LogP contribution in [0, 0.1) is 0 Å². The second kappa shape index (κ2) is 3.54. The van der Waals surface area contributed by atoms with E-state index in [1.807, 2.05) is 0 Å². The van der Waals surface area contributed by atoms with Crippen molar-refractivity contribution in [3.8, 4) is 11.3 Å². The lowest BCUT2D eigenvalue weighted by molar-refractivity contribution is -0.134. The Hall–Kier alpha value is -1.41. The number of nitrogens with zero attached hydrogens (tertiary/aromatic N) is 2. The molecule has 17 heavy (non-hydrogen) atoms. The molecule has 0 unspecified atom stereocenters. The summed E-state index contributed by atoms with van der Waals surface area (Å²) < 4.78 is 38.9. The van der Waals surface area contributed by atoms with Crippen molar-refractivity contribution in [2.24, 2.45) is 0 Å². The number of alkyl halides is 3. The van der Waals surface area contributed by atoms with Gasteiger partial charge >= 0.3 is 6.18 Å². The van der Waals surface area contributed by atoms with E-state index >= 15 is 0 Å². The van der Waals surface area contributed by atoms with Crippen molar-refractivity contribution >= 4 is 33.0 Å². The largest absolute Gasteiger partial charge is 0.427 e. The molecule has 0 fully saturated rings. The Morgan fingerprint density at radius 2 is 1.88 bits per heavy atom. The van der Waals surface area contributed by atoms with Gasteiger partial charge in [-0.15, -0.1) is 22.7 Å². The minimum Gasteiger partial charge on any atom is -0.345 e. The molecule has 0 bridgehead atoms. The first-order valence-electron chi connectivity index (χ1n) is 4.49. The van der Waals surface area contributed by atoms with Crippen LogP contribution in [0.15, 0.2) is 17.2 Å². The van der Waals surface area contributed by atoms with Crippen LogP contribution in [0.1, 0.15) is 4.88 Å². The molecule has 0 saturated carbocycles. The lowest BCUT2D eigenvalue weighted by atomic mass is 10.2. The van der Waals surface area contributed by atoms with Crippen LogP contribution in [0.2, 0.25) is 0 Å². The van der Waals surface area contributed by atoms with Crippen LogP contribution in [0.3, 0.4) is 0 Å². The van der Waals surface area contributed by atoms with Gasteiger partial charge in [-0.3, -0.25) is 0 Å². The Kier molecular flexibility index (Phi) is 2.23. The third kappa shape index (κ3) is 1.64. The molecule has 0 aliphatic heterocycles. The molecule has 0 aliphatic rings. The number of halogens is 3. The zero-order chi connectivity index (χ0) is 12.0. The van der Waals surface area contributed by atoms with Gasteiger partial charge in [0.05, 0.1) is 21.4 Å². The standard InChI is InChI=1S/C9H4F3N3S2/c10-9(11,12)7-5(14-2-17-7)4-1-13-8-6(4)16-3-15-8/h1-3,13H. The number of nitrogens with one attached hydrogen (secondary N) is 1.